The van der Waals surface area contributed by atoms with E-state index in [1.807, 2.05) is 0 Å². The van der Waals surface area contributed by atoms with Crippen molar-refractivity contribution < 1.29 is 27.6 Å². The highest BCUT2D eigenvalue weighted by Crippen LogP contribution is 2.38. The van der Waals surface area contributed by atoms with E-state index in [4.69, 9.17) is 4.84 Å². The summed E-state index contributed by atoms with van der Waals surface area (Å²) < 4.78 is 37.9. The number of benzene rings is 1. The third-order valence-corrected chi connectivity index (χ3v) is 3.82. The zero-order chi connectivity index (χ0) is 17.2. The van der Waals surface area contributed by atoms with Crippen LogP contribution >= 0.6 is 0 Å². The fourth-order valence-corrected chi connectivity index (χ4v) is 2.65. The van der Waals surface area contributed by atoms with Crippen LogP contribution < -0.4 is 5.48 Å². The summed E-state index contributed by atoms with van der Waals surface area (Å²) in [6.45, 7) is 1.97. The minimum Gasteiger partial charge on any atom is -0.338 e. The molecule has 1 aromatic carbocycles. The van der Waals surface area contributed by atoms with E-state index in [9.17, 15) is 22.8 Å². The molecule has 8 heteroatoms. The van der Waals surface area contributed by atoms with E-state index < -0.39 is 29.6 Å². The van der Waals surface area contributed by atoms with Gasteiger partial charge in [-0.1, -0.05) is 12.1 Å². The fourth-order valence-electron chi connectivity index (χ4n) is 2.65. The predicted octanol–water partition coefficient (Wildman–Crippen LogP) is 2.29. The van der Waals surface area contributed by atoms with Crippen molar-refractivity contribution in [2.45, 2.75) is 25.6 Å². The van der Waals surface area contributed by atoms with Gasteiger partial charge < -0.3 is 4.90 Å². The maximum Gasteiger partial charge on any atom is 0.416 e. The van der Waals surface area contributed by atoms with Gasteiger partial charge in [-0.3, -0.25) is 14.4 Å². The Hall–Kier alpha value is -2.09. The maximum absolute atomic E-state index is 12.6. The van der Waals surface area contributed by atoms with Gasteiger partial charge in [0.25, 0.3) is 0 Å². The van der Waals surface area contributed by atoms with Crippen LogP contribution in [0.15, 0.2) is 24.3 Å². The summed E-state index contributed by atoms with van der Waals surface area (Å²) in [5.74, 6) is -1.42. The first-order chi connectivity index (χ1) is 10.8. The van der Waals surface area contributed by atoms with Gasteiger partial charge in [0.05, 0.1) is 24.1 Å². The summed E-state index contributed by atoms with van der Waals surface area (Å²) in [4.78, 5) is 30.2. The van der Waals surface area contributed by atoms with Crippen LogP contribution in [0.3, 0.4) is 0 Å². The van der Waals surface area contributed by atoms with Crippen molar-refractivity contribution >= 4 is 11.8 Å². The summed E-state index contributed by atoms with van der Waals surface area (Å²) >= 11 is 0. The number of hydroxylamine groups is 1. The minimum atomic E-state index is -4.43. The molecular weight excluding hydrogens is 313 g/mol. The number of hydrogen-bond acceptors (Lipinski definition) is 3. The highest BCUT2D eigenvalue weighted by molar-refractivity contribution is 5.89. The SMILES string of the molecule is CCONC(=O)[C@H]1CC(=O)N(C)[C@@H]1c1ccc(C(F)(F)F)cc1. The van der Waals surface area contributed by atoms with Crippen LogP contribution in [0.1, 0.15) is 30.5 Å². The van der Waals surface area contributed by atoms with Gasteiger partial charge in [0, 0.05) is 13.5 Å². The zero-order valence-corrected chi connectivity index (χ0v) is 12.7. The Morgan fingerprint density at radius 1 is 1.35 bits per heavy atom. The molecule has 1 aliphatic rings. The normalized spacial score (nSPS) is 21.6. The monoisotopic (exact) mass is 330 g/mol. The molecule has 5 nitrogen and oxygen atoms in total. The molecule has 1 saturated heterocycles. The number of amides is 2. The first-order valence-electron chi connectivity index (χ1n) is 7.10. The Labute approximate surface area is 131 Å². The molecule has 1 heterocycles. The second-order valence-corrected chi connectivity index (χ2v) is 5.28. The third-order valence-electron chi connectivity index (χ3n) is 3.82. The van der Waals surface area contributed by atoms with Gasteiger partial charge in [0.15, 0.2) is 0 Å². The highest BCUT2D eigenvalue weighted by atomic mass is 19.4. The van der Waals surface area contributed by atoms with E-state index in [0.717, 1.165) is 12.1 Å². The number of nitrogens with zero attached hydrogens (tertiary/aromatic N) is 1. The molecule has 1 aliphatic heterocycles. The summed E-state index contributed by atoms with van der Waals surface area (Å²) in [5.41, 5.74) is 1.95. The maximum atomic E-state index is 12.6. The average molecular weight is 330 g/mol. The number of carbonyl (C=O) groups is 2. The number of hydrogen-bond donors (Lipinski definition) is 1. The molecule has 1 fully saturated rings. The molecule has 0 radical (unpaired) electrons. The topological polar surface area (TPSA) is 58.6 Å². The standard InChI is InChI=1S/C15H17F3N2O3/c1-3-23-19-14(22)11-8-12(21)20(2)13(11)9-4-6-10(7-5-9)15(16,17)18/h4-7,11,13H,3,8H2,1-2H3,(H,19,22)/t11-,13+/m0/s1. The van der Waals surface area contributed by atoms with Gasteiger partial charge >= 0.3 is 6.18 Å². The number of halogens is 3. The van der Waals surface area contributed by atoms with E-state index >= 15 is 0 Å². The number of likely N-dealkylation sites (tertiary alicyclic amines) is 1. The second-order valence-electron chi connectivity index (χ2n) is 5.28. The Kier molecular flexibility index (Phi) is 4.93. The first-order valence-corrected chi connectivity index (χ1v) is 7.10. The zero-order valence-electron chi connectivity index (χ0n) is 12.7. The highest BCUT2D eigenvalue weighted by Gasteiger charge is 2.43. The lowest BCUT2D eigenvalue weighted by Crippen LogP contribution is -2.34. The Morgan fingerprint density at radius 3 is 2.48 bits per heavy atom. The lowest BCUT2D eigenvalue weighted by atomic mass is 9.92. The van der Waals surface area contributed by atoms with Crippen LogP contribution in [-0.4, -0.2) is 30.4 Å². The van der Waals surface area contributed by atoms with Crippen molar-refractivity contribution in [1.82, 2.24) is 10.4 Å². The number of nitrogens with one attached hydrogen (secondary N) is 1. The lowest BCUT2D eigenvalue weighted by molar-refractivity contribution is -0.139. The quantitative estimate of drug-likeness (QED) is 0.862. The fraction of sp³-hybridized carbons (Fsp3) is 0.467. The smallest absolute Gasteiger partial charge is 0.338 e. The Bertz CT molecular complexity index is 587. The van der Waals surface area contributed by atoms with Crippen LogP contribution in [0.4, 0.5) is 13.2 Å². The molecule has 0 unspecified atom stereocenters. The van der Waals surface area contributed by atoms with Gasteiger partial charge in [-0.15, -0.1) is 0 Å². The van der Waals surface area contributed by atoms with Crippen LogP contribution in [-0.2, 0) is 20.6 Å². The molecule has 2 atom stereocenters. The van der Waals surface area contributed by atoms with Gasteiger partial charge in [-0.05, 0) is 24.6 Å². The van der Waals surface area contributed by atoms with Crippen molar-refractivity contribution in [3.8, 4) is 0 Å². The number of alkyl halides is 3. The van der Waals surface area contributed by atoms with Crippen molar-refractivity contribution in [2.24, 2.45) is 5.92 Å². The van der Waals surface area contributed by atoms with Crippen molar-refractivity contribution in [3.05, 3.63) is 35.4 Å². The number of rotatable bonds is 4. The molecule has 0 aromatic heterocycles. The molecule has 0 spiro atoms. The second kappa shape index (κ2) is 6.57. The largest absolute Gasteiger partial charge is 0.416 e. The first kappa shape index (κ1) is 17.3. The van der Waals surface area contributed by atoms with Gasteiger partial charge in [-0.2, -0.15) is 13.2 Å². The Balaban J connectivity index is 2.26. The van der Waals surface area contributed by atoms with E-state index in [1.165, 1.54) is 24.1 Å². The third kappa shape index (κ3) is 3.64. The Morgan fingerprint density at radius 2 is 1.96 bits per heavy atom. The van der Waals surface area contributed by atoms with Gasteiger partial charge in [0.1, 0.15) is 0 Å². The van der Waals surface area contributed by atoms with Crippen LogP contribution in [0.2, 0.25) is 0 Å². The molecule has 23 heavy (non-hydrogen) atoms. The van der Waals surface area contributed by atoms with Crippen LogP contribution in [0.25, 0.3) is 0 Å². The van der Waals surface area contributed by atoms with Crippen molar-refractivity contribution in [3.63, 3.8) is 0 Å². The lowest BCUT2D eigenvalue weighted by Gasteiger charge is -2.25. The van der Waals surface area contributed by atoms with Crippen molar-refractivity contribution in [1.29, 1.82) is 0 Å². The summed E-state index contributed by atoms with van der Waals surface area (Å²) in [6.07, 6.45) is -4.44. The molecule has 0 bridgehead atoms. The molecule has 2 amide bonds. The summed E-state index contributed by atoms with van der Waals surface area (Å²) in [5, 5.41) is 0. The molecule has 0 aliphatic carbocycles. The molecule has 1 aromatic rings. The minimum absolute atomic E-state index is 0.0128. The van der Waals surface area contributed by atoms with E-state index in [1.54, 1.807) is 6.92 Å². The van der Waals surface area contributed by atoms with Gasteiger partial charge in [0.2, 0.25) is 11.8 Å². The molecule has 0 saturated carbocycles. The van der Waals surface area contributed by atoms with E-state index in [2.05, 4.69) is 5.48 Å². The van der Waals surface area contributed by atoms with E-state index in [0.29, 0.717) is 5.56 Å². The molecule has 126 valence electrons. The van der Waals surface area contributed by atoms with Gasteiger partial charge in [-0.25, -0.2) is 5.48 Å². The van der Waals surface area contributed by atoms with Crippen molar-refractivity contribution in [2.75, 3.05) is 13.7 Å². The van der Waals surface area contributed by atoms with Crippen LogP contribution in [0, 0.1) is 5.92 Å². The number of carbonyl (C=O) groups excluding carboxylic acids is 2. The molecule has 2 rings (SSSR count). The van der Waals surface area contributed by atoms with E-state index in [-0.39, 0.29) is 18.9 Å². The molecular formula is C15H17F3N2O3. The van der Waals surface area contributed by atoms with Crippen LogP contribution in [0.5, 0.6) is 0 Å². The average Bonchev–Trinajstić information content (AvgIpc) is 2.80. The summed E-state index contributed by atoms with van der Waals surface area (Å²) in [7, 11) is 1.53. The summed E-state index contributed by atoms with van der Waals surface area (Å²) in [6, 6.07) is 3.87. The predicted molar refractivity (Wildman–Crippen MR) is 74.8 cm³/mol. The molecule has 1 N–H and O–H groups in total.